The zero-order chi connectivity index (χ0) is 16.7. The molecule has 0 fully saturated rings. The summed E-state index contributed by atoms with van der Waals surface area (Å²) in [6.45, 7) is 3.69. The first-order valence-corrected chi connectivity index (χ1v) is 9.17. The highest BCUT2D eigenvalue weighted by atomic mass is 35.5. The van der Waals surface area contributed by atoms with Gasteiger partial charge in [0.2, 0.25) is 11.8 Å². The fourth-order valence-corrected chi connectivity index (χ4v) is 4.33. The second-order valence-corrected chi connectivity index (χ2v) is 7.76. The van der Waals surface area contributed by atoms with Crippen LogP contribution in [0.15, 0.2) is 38.3 Å². The van der Waals surface area contributed by atoms with Gasteiger partial charge in [-0.25, -0.2) is 0 Å². The van der Waals surface area contributed by atoms with Gasteiger partial charge in [0.15, 0.2) is 0 Å². The van der Waals surface area contributed by atoms with Crippen LogP contribution in [-0.2, 0) is 0 Å². The molecule has 4 aromatic rings. The van der Waals surface area contributed by atoms with E-state index in [0.29, 0.717) is 27.9 Å². The minimum atomic E-state index is -0.0858. The molecule has 1 aromatic carbocycles. The molecular formula is C15H11ClN4O2S2. The van der Waals surface area contributed by atoms with Gasteiger partial charge in [0.25, 0.3) is 11.1 Å². The molecule has 6 nitrogen and oxygen atoms in total. The molecule has 1 atom stereocenters. The van der Waals surface area contributed by atoms with Gasteiger partial charge in [0.1, 0.15) is 4.88 Å². The number of hydrogen-bond donors (Lipinski definition) is 0. The van der Waals surface area contributed by atoms with Crippen molar-refractivity contribution < 1.29 is 8.83 Å². The van der Waals surface area contributed by atoms with Crippen molar-refractivity contribution in [2.45, 2.75) is 24.3 Å². The summed E-state index contributed by atoms with van der Waals surface area (Å²) in [5.74, 6) is 1.47. The molecule has 4 rings (SSSR count). The van der Waals surface area contributed by atoms with Crippen LogP contribution >= 0.6 is 34.7 Å². The predicted molar refractivity (Wildman–Crippen MR) is 93.4 cm³/mol. The largest absolute Gasteiger partial charge is 0.424 e. The van der Waals surface area contributed by atoms with E-state index < -0.39 is 0 Å². The van der Waals surface area contributed by atoms with Gasteiger partial charge < -0.3 is 8.83 Å². The Hall–Kier alpha value is -1.90. The summed E-state index contributed by atoms with van der Waals surface area (Å²) in [7, 11) is 0. The maximum atomic E-state index is 6.45. The lowest BCUT2D eigenvalue weighted by molar-refractivity contribution is 0.455. The van der Waals surface area contributed by atoms with Gasteiger partial charge in [-0.2, -0.15) is 0 Å². The highest BCUT2D eigenvalue weighted by Crippen LogP contribution is 2.42. The van der Waals surface area contributed by atoms with E-state index in [1.54, 1.807) is 6.92 Å². The molecule has 3 heterocycles. The Labute approximate surface area is 150 Å². The van der Waals surface area contributed by atoms with Crippen molar-refractivity contribution in [3.05, 3.63) is 41.1 Å². The summed E-state index contributed by atoms with van der Waals surface area (Å²) in [5, 5.41) is 18.0. The van der Waals surface area contributed by atoms with Crippen molar-refractivity contribution in [1.82, 2.24) is 20.4 Å². The number of aryl methyl sites for hydroxylation is 1. The Balaban J connectivity index is 1.61. The minimum absolute atomic E-state index is 0.0858. The van der Waals surface area contributed by atoms with E-state index in [9.17, 15) is 0 Å². The van der Waals surface area contributed by atoms with Gasteiger partial charge >= 0.3 is 0 Å². The molecule has 0 aliphatic carbocycles. The van der Waals surface area contributed by atoms with E-state index in [2.05, 4.69) is 20.4 Å². The summed E-state index contributed by atoms with van der Waals surface area (Å²) in [6, 6.07) is 7.92. The second-order valence-electron chi connectivity index (χ2n) is 5.03. The summed E-state index contributed by atoms with van der Waals surface area (Å²) in [4.78, 5) is 0.776. The lowest BCUT2D eigenvalue weighted by Gasteiger charge is -2.01. The molecule has 0 aliphatic rings. The summed E-state index contributed by atoms with van der Waals surface area (Å²) in [5.41, 5.74) is 0. The van der Waals surface area contributed by atoms with Gasteiger partial charge in [-0.05, 0) is 13.0 Å². The second kappa shape index (κ2) is 6.19. The van der Waals surface area contributed by atoms with Crippen molar-refractivity contribution in [3.63, 3.8) is 0 Å². The molecule has 0 bridgehead atoms. The molecule has 0 spiro atoms. The molecule has 122 valence electrons. The Morgan fingerprint density at radius 1 is 1.12 bits per heavy atom. The standard InChI is InChI=1S/C15H11ClN4O2S2/c1-7(13-18-17-8(2)21-13)23-15-20-19-14(22-15)12-11(16)9-5-3-4-6-10(9)24-12/h3-7H,1-2H3. The first-order chi connectivity index (χ1) is 11.6. The minimum Gasteiger partial charge on any atom is -0.424 e. The molecule has 1 unspecified atom stereocenters. The average molecular weight is 379 g/mol. The fourth-order valence-electron chi connectivity index (χ4n) is 2.18. The van der Waals surface area contributed by atoms with Crippen LogP contribution in [0.25, 0.3) is 20.9 Å². The van der Waals surface area contributed by atoms with Crippen molar-refractivity contribution in [1.29, 1.82) is 0 Å². The van der Waals surface area contributed by atoms with Gasteiger partial charge in [-0.1, -0.05) is 41.6 Å². The molecule has 3 aromatic heterocycles. The number of thioether (sulfide) groups is 1. The van der Waals surface area contributed by atoms with Crippen LogP contribution in [0.2, 0.25) is 5.02 Å². The maximum absolute atomic E-state index is 6.45. The van der Waals surface area contributed by atoms with Crippen LogP contribution in [0, 0.1) is 6.92 Å². The summed E-state index contributed by atoms with van der Waals surface area (Å²) >= 11 is 9.34. The molecule has 0 radical (unpaired) electrons. The van der Waals surface area contributed by atoms with E-state index in [4.69, 9.17) is 20.4 Å². The third-order valence-corrected chi connectivity index (χ3v) is 5.89. The van der Waals surface area contributed by atoms with Crippen LogP contribution in [0.1, 0.15) is 24.0 Å². The maximum Gasteiger partial charge on any atom is 0.277 e. The number of aromatic nitrogens is 4. The van der Waals surface area contributed by atoms with E-state index in [1.807, 2.05) is 31.2 Å². The fraction of sp³-hybridized carbons (Fsp3) is 0.200. The lowest BCUT2D eigenvalue weighted by atomic mass is 10.2. The number of halogens is 1. The average Bonchev–Trinajstić information content (AvgIpc) is 3.27. The van der Waals surface area contributed by atoms with E-state index in [1.165, 1.54) is 23.1 Å². The number of hydrogen-bond acceptors (Lipinski definition) is 8. The smallest absolute Gasteiger partial charge is 0.277 e. The predicted octanol–water partition coefficient (Wildman–Crippen LogP) is 5.15. The molecule has 9 heteroatoms. The highest BCUT2D eigenvalue weighted by Gasteiger charge is 2.21. The Morgan fingerprint density at radius 3 is 2.71 bits per heavy atom. The van der Waals surface area contributed by atoms with E-state index in [-0.39, 0.29) is 5.25 Å². The van der Waals surface area contributed by atoms with Crippen molar-refractivity contribution >= 4 is 44.8 Å². The van der Waals surface area contributed by atoms with Gasteiger partial charge in [0.05, 0.1) is 10.3 Å². The lowest BCUT2D eigenvalue weighted by Crippen LogP contribution is -1.88. The number of benzene rings is 1. The number of rotatable bonds is 4. The topological polar surface area (TPSA) is 77.8 Å². The Kier molecular flexibility index (Phi) is 4.03. The molecule has 0 amide bonds. The van der Waals surface area contributed by atoms with Crippen molar-refractivity contribution in [3.8, 4) is 10.8 Å². The van der Waals surface area contributed by atoms with Gasteiger partial charge in [0, 0.05) is 17.0 Å². The van der Waals surface area contributed by atoms with Crippen LogP contribution < -0.4 is 0 Å². The summed E-state index contributed by atoms with van der Waals surface area (Å²) < 4.78 is 12.3. The monoisotopic (exact) mass is 378 g/mol. The van der Waals surface area contributed by atoms with Crippen molar-refractivity contribution in [2.24, 2.45) is 0 Å². The summed E-state index contributed by atoms with van der Waals surface area (Å²) in [6.07, 6.45) is 0. The number of nitrogens with zero attached hydrogens (tertiary/aromatic N) is 4. The van der Waals surface area contributed by atoms with Crippen LogP contribution in [0.4, 0.5) is 0 Å². The Bertz CT molecular complexity index is 1010. The van der Waals surface area contributed by atoms with Crippen LogP contribution in [-0.4, -0.2) is 20.4 Å². The van der Waals surface area contributed by atoms with Gasteiger partial charge in [-0.3, -0.25) is 0 Å². The normalized spacial score (nSPS) is 12.8. The number of fused-ring (bicyclic) bond motifs is 1. The van der Waals surface area contributed by atoms with Crippen molar-refractivity contribution in [2.75, 3.05) is 0 Å². The first kappa shape index (κ1) is 15.6. The van der Waals surface area contributed by atoms with Crippen LogP contribution in [0.5, 0.6) is 0 Å². The first-order valence-electron chi connectivity index (χ1n) is 7.09. The SMILES string of the molecule is Cc1nnc(C(C)Sc2nnc(-c3sc4ccccc4c3Cl)o2)o1. The third-order valence-electron chi connectivity index (χ3n) is 3.30. The highest BCUT2D eigenvalue weighted by molar-refractivity contribution is 7.99. The zero-order valence-electron chi connectivity index (χ0n) is 12.7. The van der Waals surface area contributed by atoms with Crippen LogP contribution in [0.3, 0.4) is 0 Å². The Morgan fingerprint density at radius 2 is 1.96 bits per heavy atom. The number of thiophene rings is 1. The third kappa shape index (κ3) is 2.81. The molecular weight excluding hydrogens is 368 g/mol. The molecule has 0 aliphatic heterocycles. The quantitative estimate of drug-likeness (QED) is 0.454. The molecule has 24 heavy (non-hydrogen) atoms. The zero-order valence-corrected chi connectivity index (χ0v) is 15.1. The molecule has 0 N–H and O–H groups in total. The van der Waals surface area contributed by atoms with E-state index >= 15 is 0 Å². The molecule has 0 saturated heterocycles. The van der Waals surface area contributed by atoms with E-state index in [0.717, 1.165) is 15.0 Å². The van der Waals surface area contributed by atoms with Gasteiger partial charge in [-0.15, -0.1) is 31.7 Å². The molecule has 0 saturated carbocycles.